The molecule has 2 aliphatic rings. The van der Waals surface area contributed by atoms with Gasteiger partial charge in [-0.2, -0.15) is 5.10 Å². The van der Waals surface area contributed by atoms with E-state index >= 15 is 0 Å². The molecule has 0 bridgehead atoms. The topological polar surface area (TPSA) is 34.1 Å². The van der Waals surface area contributed by atoms with Crippen LogP contribution in [0, 0.1) is 5.82 Å². The molecule has 0 saturated heterocycles. The number of thioether (sulfide) groups is 1. The van der Waals surface area contributed by atoms with Crippen LogP contribution in [0.5, 0.6) is 11.5 Å². The number of halogens is 1. The lowest BCUT2D eigenvalue weighted by Gasteiger charge is -2.38. The van der Waals surface area contributed by atoms with Gasteiger partial charge in [0.25, 0.3) is 0 Å². The van der Waals surface area contributed by atoms with Crippen molar-refractivity contribution in [3.8, 4) is 11.5 Å². The normalized spacial score (nSPS) is 19.6. The summed E-state index contributed by atoms with van der Waals surface area (Å²) in [5.74, 6) is 1.23. The van der Waals surface area contributed by atoms with Crippen molar-refractivity contribution in [2.75, 3.05) is 13.4 Å². The molecule has 30 heavy (non-hydrogen) atoms. The van der Waals surface area contributed by atoms with Gasteiger partial charge in [-0.05, 0) is 42.2 Å². The van der Waals surface area contributed by atoms with Crippen LogP contribution >= 0.6 is 11.8 Å². The van der Waals surface area contributed by atoms with Crippen molar-refractivity contribution in [3.63, 3.8) is 0 Å². The second kappa shape index (κ2) is 7.69. The van der Waals surface area contributed by atoms with Gasteiger partial charge in [-0.25, -0.2) is 9.40 Å². The minimum absolute atomic E-state index is 0.0223. The summed E-state index contributed by atoms with van der Waals surface area (Å²) in [5.41, 5.74) is 3.92. The van der Waals surface area contributed by atoms with Crippen molar-refractivity contribution in [2.24, 2.45) is 5.10 Å². The fourth-order valence-corrected chi connectivity index (χ4v) is 4.46. The summed E-state index contributed by atoms with van der Waals surface area (Å²) in [6, 6.07) is 20.8. The lowest BCUT2D eigenvalue weighted by molar-refractivity contribution is -0.0209. The summed E-state index contributed by atoms with van der Waals surface area (Å²) in [6.07, 6.45) is 2.41. The molecule has 6 heteroatoms. The van der Waals surface area contributed by atoms with E-state index < -0.39 is 0 Å². The summed E-state index contributed by atoms with van der Waals surface area (Å²) in [6.45, 7) is 0. The molecule has 0 N–H and O–H groups in total. The zero-order valence-corrected chi connectivity index (χ0v) is 17.5. The van der Waals surface area contributed by atoms with Crippen LogP contribution in [-0.2, 0) is 0 Å². The van der Waals surface area contributed by atoms with Crippen LogP contribution in [0.3, 0.4) is 0 Å². The number of hydrazone groups is 1. The molecule has 0 radical (unpaired) electrons. The van der Waals surface area contributed by atoms with E-state index in [2.05, 4.69) is 36.6 Å². The fourth-order valence-electron chi connectivity index (χ4n) is 4.05. The van der Waals surface area contributed by atoms with E-state index in [1.165, 1.54) is 17.0 Å². The lowest BCUT2D eigenvalue weighted by Crippen LogP contribution is -2.33. The lowest BCUT2D eigenvalue weighted by atomic mass is 9.95. The molecule has 3 aromatic rings. The first-order chi connectivity index (χ1) is 14.7. The van der Waals surface area contributed by atoms with Gasteiger partial charge in [0.05, 0.1) is 18.9 Å². The highest BCUT2D eigenvalue weighted by Gasteiger charge is 2.42. The Morgan fingerprint density at radius 2 is 1.83 bits per heavy atom. The van der Waals surface area contributed by atoms with Gasteiger partial charge in [0.15, 0.2) is 11.5 Å². The van der Waals surface area contributed by atoms with E-state index in [9.17, 15) is 4.39 Å². The summed E-state index contributed by atoms with van der Waals surface area (Å²) >= 11 is 1.70. The second-order valence-electron chi connectivity index (χ2n) is 7.28. The molecule has 0 amide bonds. The first-order valence-corrected chi connectivity index (χ1v) is 11.0. The monoisotopic (exact) mass is 420 g/mol. The molecule has 0 fully saturated rings. The van der Waals surface area contributed by atoms with E-state index in [0.29, 0.717) is 12.2 Å². The Hall–Kier alpha value is -2.99. The van der Waals surface area contributed by atoms with Crippen LogP contribution < -0.4 is 9.47 Å². The number of ether oxygens (including phenoxy) is 2. The van der Waals surface area contributed by atoms with Gasteiger partial charge in [0.2, 0.25) is 6.23 Å². The Morgan fingerprint density at radius 1 is 1.07 bits per heavy atom. The predicted molar refractivity (Wildman–Crippen MR) is 117 cm³/mol. The third-order valence-corrected chi connectivity index (χ3v) is 6.32. The number of methoxy groups -OCH3 is 1. The minimum atomic E-state index is -0.368. The molecule has 0 spiro atoms. The molecule has 152 valence electrons. The molecular formula is C24H21FN2O2S. The van der Waals surface area contributed by atoms with Crippen molar-refractivity contribution in [3.05, 3.63) is 89.2 Å². The first-order valence-electron chi connectivity index (χ1n) is 9.77. The van der Waals surface area contributed by atoms with Gasteiger partial charge in [-0.1, -0.05) is 36.4 Å². The third-order valence-electron chi connectivity index (χ3n) is 5.58. The fraction of sp³-hybridized carbons (Fsp3) is 0.208. The Balaban J connectivity index is 1.59. The van der Waals surface area contributed by atoms with Crippen molar-refractivity contribution in [1.29, 1.82) is 0 Å². The molecule has 0 aromatic heterocycles. The molecule has 0 unspecified atom stereocenters. The molecule has 3 aromatic carbocycles. The molecule has 5 rings (SSSR count). The number of para-hydroxylation sites is 1. The summed E-state index contributed by atoms with van der Waals surface area (Å²) < 4.78 is 25.4. The Kier molecular flexibility index (Phi) is 4.87. The second-order valence-corrected chi connectivity index (χ2v) is 8.16. The van der Waals surface area contributed by atoms with E-state index in [4.69, 9.17) is 14.6 Å². The van der Waals surface area contributed by atoms with Crippen LogP contribution in [0.25, 0.3) is 0 Å². The molecule has 4 nitrogen and oxygen atoms in total. The number of hydrogen-bond donors (Lipinski definition) is 0. The number of rotatable bonds is 4. The van der Waals surface area contributed by atoms with Gasteiger partial charge in [-0.15, -0.1) is 11.8 Å². The summed E-state index contributed by atoms with van der Waals surface area (Å²) in [4.78, 5) is 1.20. The van der Waals surface area contributed by atoms with E-state index in [1.54, 1.807) is 31.0 Å². The zero-order chi connectivity index (χ0) is 20.7. The number of nitrogens with zero attached hydrogens (tertiary/aromatic N) is 2. The van der Waals surface area contributed by atoms with Crippen LogP contribution in [0.2, 0.25) is 0 Å². The Labute approximate surface area is 179 Å². The molecule has 2 aliphatic heterocycles. The van der Waals surface area contributed by atoms with Crippen LogP contribution in [0.1, 0.15) is 35.4 Å². The maximum absolute atomic E-state index is 13.4. The number of hydrogen-bond acceptors (Lipinski definition) is 5. The Morgan fingerprint density at radius 3 is 2.53 bits per heavy atom. The van der Waals surface area contributed by atoms with Crippen LogP contribution in [0.4, 0.5) is 4.39 Å². The van der Waals surface area contributed by atoms with Crippen LogP contribution in [-0.4, -0.2) is 24.1 Å². The SMILES string of the molecule is COc1cccc2c1O[C@@H](c1ccc(SC)cc1)N1N=C(c3ccc(F)cc3)C[C@@H]21. The molecule has 0 saturated carbocycles. The third kappa shape index (κ3) is 3.21. The van der Waals surface area contributed by atoms with Gasteiger partial charge >= 0.3 is 0 Å². The molecule has 2 atom stereocenters. The highest BCUT2D eigenvalue weighted by molar-refractivity contribution is 7.98. The van der Waals surface area contributed by atoms with Gasteiger partial charge < -0.3 is 9.47 Å². The standard InChI is InChI=1S/C24H21FN2O2S/c1-28-22-5-3-4-19-21-14-20(15-6-10-17(25)11-7-15)26-27(21)24(29-23(19)22)16-8-12-18(30-2)13-9-16/h3-13,21,24H,14H2,1-2H3/t21-,24-/m0/s1. The molecule has 0 aliphatic carbocycles. The van der Waals surface area contributed by atoms with E-state index in [-0.39, 0.29) is 18.1 Å². The maximum atomic E-state index is 13.4. The quantitative estimate of drug-likeness (QED) is 0.500. The first kappa shape index (κ1) is 19.0. The maximum Gasteiger partial charge on any atom is 0.214 e. The average Bonchev–Trinajstić information content (AvgIpc) is 3.24. The highest BCUT2D eigenvalue weighted by Crippen LogP contribution is 2.50. The number of fused-ring (bicyclic) bond motifs is 3. The van der Waals surface area contributed by atoms with Crippen molar-refractivity contribution < 1.29 is 13.9 Å². The van der Waals surface area contributed by atoms with E-state index in [1.807, 2.05) is 17.1 Å². The number of benzene rings is 3. The Bertz CT molecular complexity index is 1100. The largest absolute Gasteiger partial charge is 0.493 e. The zero-order valence-electron chi connectivity index (χ0n) is 16.7. The van der Waals surface area contributed by atoms with Crippen LogP contribution in [0.15, 0.2) is 76.7 Å². The molecule has 2 heterocycles. The van der Waals surface area contributed by atoms with Gasteiger partial charge in [-0.3, -0.25) is 0 Å². The van der Waals surface area contributed by atoms with Crippen molar-refractivity contribution in [2.45, 2.75) is 23.6 Å². The average molecular weight is 421 g/mol. The van der Waals surface area contributed by atoms with Gasteiger partial charge in [0.1, 0.15) is 5.82 Å². The van der Waals surface area contributed by atoms with Gasteiger partial charge in [0, 0.05) is 22.4 Å². The van der Waals surface area contributed by atoms with Crippen molar-refractivity contribution in [1.82, 2.24) is 5.01 Å². The molecular weight excluding hydrogens is 399 g/mol. The van der Waals surface area contributed by atoms with Crippen molar-refractivity contribution >= 4 is 17.5 Å². The summed E-state index contributed by atoms with van der Waals surface area (Å²) in [7, 11) is 1.66. The smallest absolute Gasteiger partial charge is 0.214 e. The van der Waals surface area contributed by atoms with E-state index in [0.717, 1.165) is 28.2 Å². The predicted octanol–water partition coefficient (Wildman–Crippen LogP) is 5.80. The highest BCUT2D eigenvalue weighted by atomic mass is 32.2. The minimum Gasteiger partial charge on any atom is -0.493 e. The summed E-state index contributed by atoms with van der Waals surface area (Å²) in [5, 5.41) is 6.94.